The SMILES string of the molecule is Cc1cc(NC(=O)CSc2nnc(-c3ccc(Cl)cc3)n2Cc2ccco2)no1. The number of rotatable bonds is 7. The lowest BCUT2D eigenvalue weighted by Crippen LogP contribution is -2.15. The van der Waals surface area contributed by atoms with E-state index in [1.807, 2.05) is 28.8 Å². The van der Waals surface area contributed by atoms with Crippen LogP contribution in [0.2, 0.25) is 5.02 Å². The van der Waals surface area contributed by atoms with Gasteiger partial charge in [0.15, 0.2) is 16.8 Å². The Kier molecular flexibility index (Phi) is 5.68. The Bertz CT molecular complexity index is 1110. The van der Waals surface area contributed by atoms with Crippen molar-refractivity contribution in [2.75, 3.05) is 11.1 Å². The van der Waals surface area contributed by atoms with Gasteiger partial charge < -0.3 is 14.3 Å². The van der Waals surface area contributed by atoms with Crippen LogP contribution in [0.5, 0.6) is 0 Å². The van der Waals surface area contributed by atoms with E-state index >= 15 is 0 Å². The maximum Gasteiger partial charge on any atom is 0.236 e. The summed E-state index contributed by atoms with van der Waals surface area (Å²) in [6.45, 7) is 2.19. The fourth-order valence-electron chi connectivity index (χ4n) is 2.64. The summed E-state index contributed by atoms with van der Waals surface area (Å²) in [5.41, 5.74) is 0.864. The molecular formula is C19H16ClN5O3S. The van der Waals surface area contributed by atoms with E-state index in [2.05, 4.69) is 20.7 Å². The maximum absolute atomic E-state index is 12.2. The lowest BCUT2D eigenvalue weighted by molar-refractivity contribution is -0.113. The number of halogens is 1. The van der Waals surface area contributed by atoms with Gasteiger partial charge in [0.05, 0.1) is 18.6 Å². The second-order valence-corrected chi connectivity index (χ2v) is 7.52. The van der Waals surface area contributed by atoms with Gasteiger partial charge in [0.1, 0.15) is 11.5 Å². The second-order valence-electron chi connectivity index (χ2n) is 6.14. The van der Waals surface area contributed by atoms with Crippen LogP contribution >= 0.6 is 23.4 Å². The van der Waals surface area contributed by atoms with Crippen LogP contribution < -0.4 is 5.32 Å². The third-order valence-electron chi connectivity index (χ3n) is 3.94. The van der Waals surface area contributed by atoms with Gasteiger partial charge in [0.25, 0.3) is 0 Å². The zero-order chi connectivity index (χ0) is 20.2. The number of furan rings is 1. The monoisotopic (exact) mass is 429 g/mol. The van der Waals surface area contributed by atoms with Gasteiger partial charge >= 0.3 is 0 Å². The molecule has 0 fully saturated rings. The van der Waals surface area contributed by atoms with Crippen molar-refractivity contribution in [3.05, 3.63) is 65.3 Å². The van der Waals surface area contributed by atoms with Crippen LogP contribution in [0.25, 0.3) is 11.4 Å². The molecule has 8 nitrogen and oxygen atoms in total. The molecule has 0 unspecified atom stereocenters. The molecule has 0 aliphatic carbocycles. The molecular weight excluding hydrogens is 414 g/mol. The van der Waals surface area contributed by atoms with Crippen LogP contribution in [0, 0.1) is 6.92 Å². The Morgan fingerprint density at radius 2 is 2.07 bits per heavy atom. The van der Waals surface area contributed by atoms with Crippen molar-refractivity contribution < 1.29 is 13.7 Å². The minimum atomic E-state index is -0.219. The summed E-state index contributed by atoms with van der Waals surface area (Å²) in [6.07, 6.45) is 1.61. The minimum absolute atomic E-state index is 0.142. The molecule has 10 heteroatoms. The number of carbonyl (C=O) groups excluding carboxylic acids is 1. The van der Waals surface area contributed by atoms with Gasteiger partial charge in [-0.15, -0.1) is 10.2 Å². The van der Waals surface area contributed by atoms with Crippen LogP contribution in [-0.4, -0.2) is 31.6 Å². The van der Waals surface area contributed by atoms with Crippen molar-refractivity contribution in [3.63, 3.8) is 0 Å². The number of aryl methyl sites for hydroxylation is 1. The summed E-state index contributed by atoms with van der Waals surface area (Å²) in [4.78, 5) is 12.2. The van der Waals surface area contributed by atoms with E-state index in [-0.39, 0.29) is 11.7 Å². The van der Waals surface area contributed by atoms with Crippen LogP contribution in [-0.2, 0) is 11.3 Å². The highest BCUT2D eigenvalue weighted by atomic mass is 35.5. The maximum atomic E-state index is 12.2. The van der Waals surface area contributed by atoms with E-state index in [4.69, 9.17) is 20.5 Å². The van der Waals surface area contributed by atoms with Gasteiger partial charge in [0.2, 0.25) is 5.91 Å². The van der Waals surface area contributed by atoms with Crippen LogP contribution in [0.15, 0.2) is 62.8 Å². The van der Waals surface area contributed by atoms with Gasteiger partial charge in [-0.3, -0.25) is 9.36 Å². The lowest BCUT2D eigenvalue weighted by Gasteiger charge is -2.09. The summed E-state index contributed by atoms with van der Waals surface area (Å²) < 4.78 is 12.3. The molecule has 0 aliphatic rings. The molecule has 0 atom stereocenters. The second kappa shape index (κ2) is 8.54. The summed E-state index contributed by atoms with van der Waals surface area (Å²) in [5.74, 6) is 2.34. The summed E-state index contributed by atoms with van der Waals surface area (Å²) >= 11 is 7.27. The van der Waals surface area contributed by atoms with Crippen LogP contribution in [0.1, 0.15) is 11.5 Å². The minimum Gasteiger partial charge on any atom is -0.467 e. The molecule has 4 aromatic rings. The molecule has 0 bridgehead atoms. The Labute approximate surface area is 175 Å². The van der Waals surface area contributed by atoms with Gasteiger partial charge in [-0.25, -0.2) is 0 Å². The Hall–Kier alpha value is -3.04. The molecule has 0 radical (unpaired) electrons. The fourth-order valence-corrected chi connectivity index (χ4v) is 3.51. The summed E-state index contributed by atoms with van der Waals surface area (Å²) in [6, 6.07) is 12.7. The van der Waals surface area contributed by atoms with Gasteiger partial charge in [-0.05, 0) is 43.3 Å². The van der Waals surface area contributed by atoms with Crippen LogP contribution in [0.4, 0.5) is 5.82 Å². The van der Waals surface area contributed by atoms with E-state index in [9.17, 15) is 4.79 Å². The van der Waals surface area contributed by atoms with Gasteiger partial charge in [0, 0.05) is 16.7 Å². The molecule has 1 amide bonds. The van der Waals surface area contributed by atoms with E-state index in [1.165, 1.54) is 11.8 Å². The molecule has 0 spiro atoms. The number of hydrogen-bond donors (Lipinski definition) is 1. The number of thioether (sulfide) groups is 1. The van der Waals surface area contributed by atoms with Crippen molar-refractivity contribution >= 4 is 35.1 Å². The number of anilines is 1. The number of carbonyl (C=O) groups is 1. The Morgan fingerprint density at radius 3 is 2.76 bits per heavy atom. The molecule has 148 valence electrons. The standard InChI is InChI=1S/C19H16ClN5O3S/c1-12-9-16(24-28-12)21-17(26)11-29-19-23-22-18(13-4-6-14(20)7-5-13)25(19)10-15-3-2-8-27-15/h2-9H,10-11H2,1H3,(H,21,24,26). The normalized spacial score (nSPS) is 11.0. The molecule has 4 rings (SSSR count). The molecule has 1 N–H and O–H groups in total. The lowest BCUT2D eigenvalue weighted by atomic mass is 10.2. The topological polar surface area (TPSA) is 99.0 Å². The smallest absolute Gasteiger partial charge is 0.236 e. The zero-order valence-corrected chi connectivity index (χ0v) is 16.9. The fraction of sp³-hybridized carbons (Fsp3) is 0.158. The molecule has 0 aliphatic heterocycles. The number of amides is 1. The van der Waals surface area contributed by atoms with Crippen molar-refractivity contribution in [3.8, 4) is 11.4 Å². The molecule has 0 saturated carbocycles. The summed E-state index contributed by atoms with van der Waals surface area (Å²) in [5, 5.41) is 16.3. The molecule has 1 aromatic carbocycles. The van der Waals surface area contributed by atoms with Crippen molar-refractivity contribution in [1.29, 1.82) is 0 Å². The first kappa shape index (κ1) is 19.3. The number of hydrogen-bond acceptors (Lipinski definition) is 7. The van der Waals surface area contributed by atoms with Crippen molar-refractivity contribution in [1.82, 2.24) is 19.9 Å². The zero-order valence-electron chi connectivity index (χ0n) is 15.3. The number of nitrogens with zero attached hydrogens (tertiary/aromatic N) is 4. The average Bonchev–Trinajstić information content (AvgIpc) is 3.44. The van der Waals surface area contributed by atoms with Gasteiger partial charge in [-0.2, -0.15) is 0 Å². The first-order chi connectivity index (χ1) is 14.1. The van der Waals surface area contributed by atoms with Crippen LogP contribution in [0.3, 0.4) is 0 Å². The average molecular weight is 430 g/mol. The molecule has 3 aromatic heterocycles. The molecule has 29 heavy (non-hydrogen) atoms. The predicted molar refractivity (Wildman–Crippen MR) is 109 cm³/mol. The largest absolute Gasteiger partial charge is 0.467 e. The number of nitrogens with one attached hydrogen (secondary N) is 1. The third-order valence-corrected chi connectivity index (χ3v) is 5.16. The molecule has 3 heterocycles. The van der Waals surface area contributed by atoms with E-state index < -0.39 is 0 Å². The quantitative estimate of drug-likeness (QED) is 0.438. The number of aromatic nitrogens is 4. The first-order valence-corrected chi connectivity index (χ1v) is 10.0. The van der Waals surface area contributed by atoms with E-state index in [0.29, 0.717) is 34.1 Å². The molecule has 0 saturated heterocycles. The first-order valence-electron chi connectivity index (χ1n) is 8.66. The van der Waals surface area contributed by atoms with Crippen molar-refractivity contribution in [2.24, 2.45) is 0 Å². The Morgan fingerprint density at radius 1 is 1.24 bits per heavy atom. The predicted octanol–water partition coefficient (Wildman–Crippen LogP) is 4.27. The highest BCUT2D eigenvalue weighted by Crippen LogP contribution is 2.26. The highest BCUT2D eigenvalue weighted by Gasteiger charge is 2.17. The third kappa shape index (κ3) is 4.69. The Balaban J connectivity index is 1.54. The highest BCUT2D eigenvalue weighted by molar-refractivity contribution is 7.99. The van der Waals surface area contributed by atoms with Gasteiger partial charge in [-0.1, -0.05) is 28.5 Å². The van der Waals surface area contributed by atoms with E-state index in [1.54, 1.807) is 31.4 Å². The summed E-state index contributed by atoms with van der Waals surface area (Å²) in [7, 11) is 0. The number of benzene rings is 1. The van der Waals surface area contributed by atoms with E-state index in [0.717, 1.165) is 11.3 Å². The van der Waals surface area contributed by atoms with Crippen molar-refractivity contribution in [2.45, 2.75) is 18.6 Å².